The first-order valence-electron chi connectivity index (χ1n) is 5.34. The third-order valence-electron chi connectivity index (χ3n) is 2.38. The molecule has 3 N–H and O–H groups in total. The molecule has 0 radical (unpaired) electrons. The number of anilines is 1. The Labute approximate surface area is 120 Å². The molecule has 0 saturated carbocycles. The quantitative estimate of drug-likeness (QED) is 0.849. The lowest BCUT2D eigenvalue weighted by Gasteiger charge is -2.24. The zero-order valence-electron chi connectivity index (χ0n) is 10.6. The summed E-state index contributed by atoms with van der Waals surface area (Å²) in [6.07, 6.45) is -3.54. The van der Waals surface area contributed by atoms with Gasteiger partial charge < -0.3 is 11.1 Å². The number of alkyl halides is 3. The Morgan fingerprint density at radius 2 is 2.05 bits per heavy atom. The van der Waals surface area contributed by atoms with Crippen LogP contribution in [0.5, 0.6) is 0 Å². The highest BCUT2D eigenvalue weighted by molar-refractivity contribution is 9.10. The van der Waals surface area contributed by atoms with Gasteiger partial charge in [0.2, 0.25) is 5.91 Å². The maximum Gasteiger partial charge on any atom is 0.408 e. The van der Waals surface area contributed by atoms with E-state index in [2.05, 4.69) is 26.3 Å². The second kappa shape index (κ2) is 5.43. The Bertz CT molecular complexity index is 583. The summed E-state index contributed by atoms with van der Waals surface area (Å²) in [6.45, 7) is 1.43. The number of hydrogen-bond donors (Lipinski definition) is 2. The number of halogens is 4. The Morgan fingerprint density at radius 1 is 1.50 bits per heavy atom. The van der Waals surface area contributed by atoms with Gasteiger partial charge in [-0.2, -0.15) is 18.3 Å². The standard InChI is InChI=1S/C10H12BrF3N4O2/c1-9(2,8(15)20)17-5-3-16-18(4-10(12,13)14)7(19)6(5)11/h3,17H,4H2,1-2H3,(H2,15,20). The number of rotatable bonds is 4. The summed E-state index contributed by atoms with van der Waals surface area (Å²) in [5, 5.41) is 6.05. The first-order valence-corrected chi connectivity index (χ1v) is 6.14. The second-order valence-corrected chi connectivity index (χ2v) is 5.36. The van der Waals surface area contributed by atoms with Crippen molar-refractivity contribution >= 4 is 27.5 Å². The molecule has 112 valence electrons. The minimum absolute atomic E-state index is 0.0808. The van der Waals surface area contributed by atoms with E-state index < -0.39 is 29.7 Å². The molecule has 0 bridgehead atoms. The van der Waals surface area contributed by atoms with Gasteiger partial charge in [-0.3, -0.25) is 9.59 Å². The van der Waals surface area contributed by atoms with Gasteiger partial charge in [0, 0.05) is 0 Å². The molecule has 10 heteroatoms. The Hall–Kier alpha value is -1.58. The molecule has 0 spiro atoms. The molecule has 0 atom stereocenters. The van der Waals surface area contributed by atoms with Crippen molar-refractivity contribution in [3.05, 3.63) is 21.0 Å². The SMILES string of the molecule is CC(C)(Nc1cnn(CC(F)(F)F)c(=O)c1Br)C(N)=O. The fourth-order valence-corrected chi connectivity index (χ4v) is 1.64. The first kappa shape index (κ1) is 16.5. The lowest BCUT2D eigenvalue weighted by atomic mass is 10.1. The van der Waals surface area contributed by atoms with Gasteiger partial charge in [-0.15, -0.1) is 0 Å². The summed E-state index contributed by atoms with van der Waals surface area (Å²) in [6, 6.07) is 0. The van der Waals surface area contributed by atoms with Crippen molar-refractivity contribution in [1.29, 1.82) is 0 Å². The molecule has 1 aromatic rings. The fourth-order valence-electron chi connectivity index (χ4n) is 1.23. The number of amides is 1. The van der Waals surface area contributed by atoms with E-state index in [0.717, 1.165) is 6.20 Å². The van der Waals surface area contributed by atoms with Crippen LogP contribution in [0.3, 0.4) is 0 Å². The molecule has 6 nitrogen and oxygen atoms in total. The molecule has 1 heterocycles. The van der Waals surface area contributed by atoms with Gasteiger partial charge in [-0.25, -0.2) is 4.68 Å². The molecule has 0 aromatic carbocycles. The fraction of sp³-hybridized carbons (Fsp3) is 0.500. The zero-order chi connectivity index (χ0) is 15.7. The normalized spacial score (nSPS) is 12.3. The van der Waals surface area contributed by atoms with Crippen LogP contribution in [0.2, 0.25) is 0 Å². The average Bonchev–Trinajstić information content (AvgIpc) is 2.27. The third-order valence-corrected chi connectivity index (χ3v) is 3.14. The predicted molar refractivity (Wildman–Crippen MR) is 69.1 cm³/mol. The van der Waals surface area contributed by atoms with E-state index >= 15 is 0 Å². The number of carbonyl (C=O) groups is 1. The van der Waals surface area contributed by atoms with Gasteiger partial charge in [0.1, 0.15) is 16.6 Å². The number of nitrogens with one attached hydrogen (secondary N) is 1. The monoisotopic (exact) mass is 356 g/mol. The van der Waals surface area contributed by atoms with E-state index in [1.54, 1.807) is 0 Å². The predicted octanol–water partition coefficient (Wildman–Crippen LogP) is 1.24. The van der Waals surface area contributed by atoms with Crippen LogP contribution in [0.15, 0.2) is 15.5 Å². The molecule has 1 aromatic heterocycles. The molecule has 0 saturated heterocycles. The largest absolute Gasteiger partial charge is 0.408 e. The summed E-state index contributed by atoms with van der Waals surface area (Å²) in [5.74, 6) is -0.691. The third kappa shape index (κ3) is 3.95. The van der Waals surface area contributed by atoms with Gasteiger partial charge in [0.15, 0.2) is 0 Å². The van der Waals surface area contributed by atoms with Gasteiger partial charge in [-0.05, 0) is 29.8 Å². The molecular formula is C10H12BrF3N4O2. The van der Waals surface area contributed by atoms with Crippen molar-refractivity contribution in [3.8, 4) is 0 Å². The Morgan fingerprint density at radius 3 is 2.50 bits per heavy atom. The molecule has 1 amide bonds. The van der Waals surface area contributed by atoms with Crippen molar-refractivity contribution in [2.45, 2.75) is 32.1 Å². The van der Waals surface area contributed by atoms with E-state index in [1.807, 2.05) is 0 Å². The molecule has 0 aliphatic carbocycles. The molecule has 0 fully saturated rings. The molecule has 1 rings (SSSR count). The minimum atomic E-state index is -4.56. The van der Waals surface area contributed by atoms with Gasteiger partial charge in [0.05, 0.1) is 11.9 Å². The highest BCUT2D eigenvalue weighted by Crippen LogP contribution is 2.22. The van der Waals surface area contributed by atoms with Crippen molar-refractivity contribution in [2.75, 3.05) is 5.32 Å². The van der Waals surface area contributed by atoms with Crippen LogP contribution in [0.1, 0.15) is 13.8 Å². The number of nitrogens with zero attached hydrogens (tertiary/aromatic N) is 2. The van der Waals surface area contributed by atoms with Crippen molar-refractivity contribution < 1.29 is 18.0 Å². The Kier molecular flexibility index (Phi) is 4.47. The van der Waals surface area contributed by atoms with Crippen molar-refractivity contribution in [1.82, 2.24) is 9.78 Å². The summed E-state index contributed by atoms with van der Waals surface area (Å²) >= 11 is 2.89. The Balaban J connectivity index is 3.13. The van der Waals surface area contributed by atoms with Crippen LogP contribution < -0.4 is 16.6 Å². The second-order valence-electron chi connectivity index (χ2n) is 4.56. The lowest BCUT2D eigenvalue weighted by molar-refractivity contribution is -0.143. The van der Waals surface area contributed by atoms with E-state index in [-0.39, 0.29) is 14.8 Å². The van der Waals surface area contributed by atoms with Gasteiger partial charge in [0.25, 0.3) is 5.56 Å². The van der Waals surface area contributed by atoms with E-state index in [4.69, 9.17) is 5.73 Å². The topological polar surface area (TPSA) is 90.0 Å². The molecule has 20 heavy (non-hydrogen) atoms. The van der Waals surface area contributed by atoms with E-state index in [9.17, 15) is 22.8 Å². The summed E-state index contributed by atoms with van der Waals surface area (Å²) in [4.78, 5) is 22.9. The summed E-state index contributed by atoms with van der Waals surface area (Å²) in [7, 11) is 0. The van der Waals surface area contributed by atoms with E-state index in [1.165, 1.54) is 13.8 Å². The van der Waals surface area contributed by atoms with Crippen LogP contribution in [-0.4, -0.2) is 27.4 Å². The van der Waals surface area contributed by atoms with Crippen LogP contribution >= 0.6 is 15.9 Å². The summed E-state index contributed by atoms with van der Waals surface area (Å²) < 4.78 is 36.8. The average molecular weight is 357 g/mol. The van der Waals surface area contributed by atoms with Crippen molar-refractivity contribution in [3.63, 3.8) is 0 Å². The van der Waals surface area contributed by atoms with Gasteiger partial charge >= 0.3 is 6.18 Å². The van der Waals surface area contributed by atoms with Crippen molar-refractivity contribution in [2.24, 2.45) is 5.73 Å². The lowest BCUT2D eigenvalue weighted by Crippen LogP contribution is -2.45. The van der Waals surface area contributed by atoms with Gasteiger partial charge in [-0.1, -0.05) is 0 Å². The highest BCUT2D eigenvalue weighted by atomic mass is 79.9. The van der Waals surface area contributed by atoms with E-state index in [0.29, 0.717) is 0 Å². The molecule has 0 aliphatic heterocycles. The number of nitrogens with two attached hydrogens (primary N) is 1. The molecule has 0 aliphatic rings. The van der Waals surface area contributed by atoms with Crippen LogP contribution in [-0.2, 0) is 11.3 Å². The first-order chi connectivity index (χ1) is 8.94. The van der Waals surface area contributed by atoms with Crippen LogP contribution in [0.4, 0.5) is 18.9 Å². The van der Waals surface area contributed by atoms with Crippen LogP contribution in [0, 0.1) is 0 Å². The highest BCUT2D eigenvalue weighted by Gasteiger charge is 2.30. The smallest absolute Gasteiger partial charge is 0.369 e. The number of primary amides is 1. The number of hydrogen-bond acceptors (Lipinski definition) is 4. The maximum absolute atomic E-state index is 12.2. The zero-order valence-corrected chi connectivity index (χ0v) is 12.2. The van der Waals surface area contributed by atoms with Crippen LogP contribution in [0.25, 0.3) is 0 Å². The minimum Gasteiger partial charge on any atom is -0.369 e. The number of carbonyl (C=O) groups excluding carboxylic acids is 1. The molecular weight excluding hydrogens is 345 g/mol. The summed E-state index contributed by atoms with van der Waals surface area (Å²) in [5.41, 5.74) is 3.08. The number of aromatic nitrogens is 2. The maximum atomic E-state index is 12.2. The molecule has 0 unspecified atom stereocenters.